The molecule has 32 heavy (non-hydrogen) atoms. The molecular weight excluding hydrogens is 422 g/mol. The Labute approximate surface area is 195 Å². The summed E-state index contributed by atoms with van der Waals surface area (Å²) in [7, 11) is 0. The molecule has 6 nitrogen and oxygen atoms in total. The van der Waals surface area contributed by atoms with Gasteiger partial charge in [0.2, 0.25) is 11.9 Å². The first-order valence-corrected chi connectivity index (χ1v) is 12.4. The van der Waals surface area contributed by atoms with E-state index in [9.17, 15) is 4.79 Å². The zero-order valence-corrected chi connectivity index (χ0v) is 19.2. The molecule has 2 saturated carbocycles. The molecule has 0 bridgehead atoms. The Morgan fingerprint density at radius 2 is 1.78 bits per heavy atom. The Kier molecular flexibility index (Phi) is 6.49. The molecule has 0 radical (unpaired) electrons. The predicted octanol–water partition coefficient (Wildman–Crippen LogP) is 4.31. The fraction of sp³-hybridized carbons (Fsp3) is 0.560. The van der Waals surface area contributed by atoms with Gasteiger partial charge in [0.15, 0.2) is 0 Å². The first kappa shape index (κ1) is 21.5. The van der Waals surface area contributed by atoms with Crippen molar-refractivity contribution in [2.45, 2.75) is 51.0 Å². The van der Waals surface area contributed by atoms with E-state index in [1.165, 1.54) is 25.7 Å². The van der Waals surface area contributed by atoms with E-state index in [1.807, 2.05) is 0 Å². The van der Waals surface area contributed by atoms with Crippen LogP contribution < -0.4 is 15.5 Å². The van der Waals surface area contributed by atoms with Gasteiger partial charge in [-0.2, -0.15) is 0 Å². The lowest BCUT2D eigenvalue weighted by Crippen LogP contribution is -2.35. The topological polar surface area (TPSA) is 70.2 Å². The molecule has 0 spiro atoms. The van der Waals surface area contributed by atoms with Crippen molar-refractivity contribution in [2.24, 2.45) is 17.8 Å². The van der Waals surface area contributed by atoms with Crippen LogP contribution in [0.5, 0.6) is 0 Å². The summed E-state index contributed by atoms with van der Waals surface area (Å²) in [5, 5.41) is 7.19. The standard InChI is InChI=1S/C25H32ClN5O/c26-20-15-28-25(29-16-20)31-11-8-18(9-12-31)23-14-19(23)7-10-27-21-3-1-17(2-4-21)13-24(32)30-22-5-6-22/h1-4,15-16,18-19,22-23,27H,5-14H2,(H,30,32)/t19-,23-/m1/s1. The molecule has 3 fully saturated rings. The molecule has 2 aromatic rings. The van der Waals surface area contributed by atoms with E-state index in [0.29, 0.717) is 17.5 Å². The van der Waals surface area contributed by atoms with Gasteiger partial charge in [-0.25, -0.2) is 9.97 Å². The summed E-state index contributed by atoms with van der Waals surface area (Å²) in [6.45, 7) is 3.09. The van der Waals surface area contributed by atoms with Crippen molar-refractivity contribution in [3.8, 4) is 0 Å². The minimum absolute atomic E-state index is 0.138. The molecule has 1 amide bonds. The zero-order valence-electron chi connectivity index (χ0n) is 18.5. The Bertz CT molecular complexity index is 907. The van der Waals surface area contributed by atoms with Crippen molar-refractivity contribution in [2.75, 3.05) is 29.9 Å². The average Bonchev–Trinajstić information content (AvgIpc) is 3.73. The number of hydrogen-bond acceptors (Lipinski definition) is 5. The summed E-state index contributed by atoms with van der Waals surface area (Å²) in [4.78, 5) is 22.9. The van der Waals surface area contributed by atoms with E-state index in [-0.39, 0.29) is 5.91 Å². The number of hydrogen-bond donors (Lipinski definition) is 2. The van der Waals surface area contributed by atoms with Gasteiger partial charge in [-0.05, 0) is 74.0 Å². The van der Waals surface area contributed by atoms with Crippen LogP contribution in [0.1, 0.15) is 44.1 Å². The van der Waals surface area contributed by atoms with E-state index in [0.717, 1.165) is 67.4 Å². The van der Waals surface area contributed by atoms with E-state index < -0.39 is 0 Å². The molecule has 5 rings (SSSR count). The summed E-state index contributed by atoms with van der Waals surface area (Å²) < 4.78 is 0. The second-order valence-corrected chi connectivity index (χ2v) is 10.1. The second kappa shape index (κ2) is 9.65. The Balaban J connectivity index is 0.990. The van der Waals surface area contributed by atoms with E-state index >= 15 is 0 Å². The van der Waals surface area contributed by atoms with Crippen LogP contribution in [0.2, 0.25) is 5.02 Å². The maximum atomic E-state index is 11.9. The van der Waals surface area contributed by atoms with E-state index in [2.05, 4.69) is 49.8 Å². The lowest BCUT2D eigenvalue weighted by molar-refractivity contribution is -0.120. The molecule has 1 saturated heterocycles. The third-order valence-corrected chi connectivity index (χ3v) is 7.31. The summed E-state index contributed by atoms with van der Waals surface area (Å²) in [5.74, 6) is 3.52. The predicted molar refractivity (Wildman–Crippen MR) is 128 cm³/mol. The number of piperidine rings is 1. The molecule has 1 aliphatic heterocycles. The highest BCUT2D eigenvalue weighted by Gasteiger charge is 2.43. The number of amides is 1. The van der Waals surface area contributed by atoms with Crippen molar-refractivity contribution in [3.05, 3.63) is 47.2 Å². The third-order valence-electron chi connectivity index (χ3n) is 7.12. The number of rotatable bonds is 9. The van der Waals surface area contributed by atoms with Gasteiger partial charge in [-0.3, -0.25) is 4.79 Å². The molecule has 2 N–H and O–H groups in total. The van der Waals surface area contributed by atoms with Crippen LogP contribution in [-0.4, -0.2) is 41.6 Å². The molecule has 3 aliphatic rings. The van der Waals surface area contributed by atoms with Crippen LogP contribution >= 0.6 is 11.6 Å². The van der Waals surface area contributed by atoms with Gasteiger partial charge < -0.3 is 15.5 Å². The summed E-state index contributed by atoms with van der Waals surface area (Å²) in [5.41, 5.74) is 2.22. The highest BCUT2D eigenvalue weighted by molar-refractivity contribution is 6.30. The summed E-state index contributed by atoms with van der Waals surface area (Å²) >= 11 is 5.90. The van der Waals surface area contributed by atoms with Crippen LogP contribution in [0, 0.1) is 17.8 Å². The smallest absolute Gasteiger partial charge is 0.225 e. The highest BCUT2D eigenvalue weighted by Crippen LogP contribution is 2.49. The molecule has 170 valence electrons. The summed E-state index contributed by atoms with van der Waals surface area (Å²) in [6.07, 6.45) is 11.2. The number of nitrogens with one attached hydrogen (secondary N) is 2. The van der Waals surface area contributed by atoms with Crippen LogP contribution in [0.3, 0.4) is 0 Å². The molecule has 2 heterocycles. The molecule has 2 atom stereocenters. The van der Waals surface area contributed by atoms with E-state index in [1.54, 1.807) is 12.4 Å². The first-order chi connectivity index (χ1) is 15.6. The van der Waals surface area contributed by atoms with Gasteiger partial charge in [0.1, 0.15) is 0 Å². The van der Waals surface area contributed by atoms with Gasteiger partial charge in [0, 0.05) is 31.4 Å². The maximum Gasteiger partial charge on any atom is 0.225 e. The number of anilines is 2. The van der Waals surface area contributed by atoms with Crippen molar-refractivity contribution in [1.82, 2.24) is 15.3 Å². The van der Waals surface area contributed by atoms with Crippen molar-refractivity contribution < 1.29 is 4.79 Å². The highest BCUT2D eigenvalue weighted by atomic mass is 35.5. The molecule has 7 heteroatoms. The SMILES string of the molecule is O=C(Cc1ccc(NCC[C@@H]2C[C@@H]2C2CCN(c3ncc(Cl)cn3)CC2)cc1)NC1CC1. The number of halogens is 1. The number of aromatic nitrogens is 2. The zero-order chi connectivity index (χ0) is 21.9. The fourth-order valence-corrected chi connectivity index (χ4v) is 5.11. The number of benzene rings is 1. The number of carbonyl (C=O) groups is 1. The summed E-state index contributed by atoms with van der Waals surface area (Å²) in [6, 6.07) is 8.75. The quantitative estimate of drug-likeness (QED) is 0.592. The Hall–Kier alpha value is -2.34. The third kappa shape index (κ3) is 5.71. The monoisotopic (exact) mass is 453 g/mol. The van der Waals surface area contributed by atoms with Gasteiger partial charge >= 0.3 is 0 Å². The second-order valence-electron chi connectivity index (χ2n) is 9.62. The van der Waals surface area contributed by atoms with Crippen molar-refractivity contribution in [3.63, 3.8) is 0 Å². The van der Waals surface area contributed by atoms with Crippen LogP contribution in [0.15, 0.2) is 36.7 Å². The molecule has 2 aliphatic carbocycles. The number of nitrogens with zero attached hydrogens (tertiary/aromatic N) is 3. The van der Waals surface area contributed by atoms with Gasteiger partial charge in [-0.1, -0.05) is 23.7 Å². The lowest BCUT2D eigenvalue weighted by Gasteiger charge is -2.32. The molecule has 0 unspecified atom stereocenters. The van der Waals surface area contributed by atoms with Crippen LogP contribution in [-0.2, 0) is 11.2 Å². The van der Waals surface area contributed by atoms with Gasteiger partial charge in [0.25, 0.3) is 0 Å². The maximum absolute atomic E-state index is 11.9. The van der Waals surface area contributed by atoms with Gasteiger partial charge in [-0.15, -0.1) is 0 Å². The van der Waals surface area contributed by atoms with Crippen LogP contribution in [0.25, 0.3) is 0 Å². The minimum Gasteiger partial charge on any atom is -0.385 e. The normalized spacial score (nSPS) is 23.1. The minimum atomic E-state index is 0.138. The van der Waals surface area contributed by atoms with Crippen molar-refractivity contribution in [1.29, 1.82) is 0 Å². The van der Waals surface area contributed by atoms with E-state index in [4.69, 9.17) is 11.6 Å². The lowest BCUT2D eigenvalue weighted by atomic mass is 9.90. The van der Waals surface area contributed by atoms with Crippen LogP contribution in [0.4, 0.5) is 11.6 Å². The fourth-order valence-electron chi connectivity index (χ4n) is 5.01. The largest absolute Gasteiger partial charge is 0.385 e. The average molecular weight is 454 g/mol. The molecule has 1 aromatic carbocycles. The molecular formula is C25H32ClN5O. The van der Waals surface area contributed by atoms with Gasteiger partial charge in [0.05, 0.1) is 23.8 Å². The number of carbonyl (C=O) groups excluding carboxylic acids is 1. The molecule has 1 aromatic heterocycles. The Morgan fingerprint density at radius 3 is 2.47 bits per heavy atom. The van der Waals surface area contributed by atoms with Crippen molar-refractivity contribution >= 4 is 29.1 Å². The first-order valence-electron chi connectivity index (χ1n) is 12.0. The Morgan fingerprint density at radius 1 is 1.06 bits per heavy atom.